The average molecular weight is 296 g/mol. The van der Waals surface area contributed by atoms with Gasteiger partial charge in [-0.2, -0.15) is 5.10 Å². The van der Waals surface area contributed by atoms with Crippen molar-refractivity contribution >= 4 is 17.7 Å². The van der Waals surface area contributed by atoms with Gasteiger partial charge >= 0.3 is 12.0 Å². The molecule has 8 nitrogen and oxygen atoms in total. The van der Waals surface area contributed by atoms with Crippen LogP contribution in [0.4, 0.5) is 10.5 Å². The minimum Gasteiger partial charge on any atom is -0.480 e. The summed E-state index contributed by atoms with van der Waals surface area (Å²) < 4.78 is 1.24. The van der Waals surface area contributed by atoms with E-state index in [-0.39, 0.29) is 12.6 Å². The first-order valence-corrected chi connectivity index (χ1v) is 6.88. The molecule has 0 aliphatic carbocycles. The standard InChI is InChI=1S/C13H20N4O4/c1-13(21)3-2-5-16(6-4-13)12(20)15-10-7-14-17(8-10)9-11(18)19/h7-8,21H,2-6,9H2,1H3,(H,15,20)(H,18,19). The molecule has 1 fully saturated rings. The molecule has 3 N–H and O–H groups in total. The fourth-order valence-corrected chi connectivity index (χ4v) is 2.32. The molecule has 1 aromatic heterocycles. The van der Waals surface area contributed by atoms with E-state index in [1.54, 1.807) is 11.8 Å². The minimum atomic E-state index is -0.995. The van der Waals surface area contributed by atoms with Gasteiger partial charge in [-0.05, 0) is 26.2 Å². The van der Waals surface area contributed by atoms with Gasteiger partial charge in [-0.1, -0.05) is 0 Å². The number of aromatic nitrogens is 2. The van der Waals surface area contributed by atoms with Gasteiger partial charge in [0.25, 0.3) is 0 Å². The van der Waals surface area contributed by atoms with Crippen LogP contribution in [-0.4, -0.2) is 55.6 Å². The molecule has 0 spiro atoms. The minimum absolute atomic E-state index is 0.248. The van der Waals surface area contributed by atoms with Crippen LogP contribution in [0, 0.1) is 0 Å². The lowest BCUT2D eigenvalue weighted by atomic mass is 9.98. The highest BCUT2D eigenvalue weighted by Gasteiger charge is 2.27. The van der Waals surface area contributed by atoms with Crippen LogP contribution >= 0.6 is 0 Å². The second-order valence-corrected chi connectivity index (χ2v) is 5.59. The number of carboxylic acids is 1. The van der Waals surface area contributed by atoms with E-state index < -0.39 is 11.6 Å². The maximum atomic E-state index is 12.1. The summed E-state index contributed by atoms with van der Waals surface area (Å²) in [7, 11) is 0. The number of hydrogen-bond acceptors (Lipinski definition) is 4. The van der Waals surface area contributed by atoms with Crippen molar-refractivity contribution in [1.82, 2.24) is 14.7 Å². The molecule has 0 radical (unpaired) electrons. The molecule has 0 bridgehead atoms. The number of hydrogen-bond donors (Lipinski definition) is 3. The predicted molar refractivity (Wildman–Crippen MR) is 74.9 cm³/mol. The van der Waals surface area contributed by atoms with Crippen molar-refractivity contribution in [2.45, 2.75) is 38.3 Å². The van der Waals surface area contributed by atoms with E-state index in [1.807, 2.05) is 0 Å². The van der Waals surface area contributed by atoms with E-state index in [4.69, 9.17) is 5.11 Å². The third-order valence-corrected chi connectivity index (χ3v) is 3.53. The Morgan fingerprint density at radius 1 is 1.43 bits per heavy atom. The van der Waals surface area contributed by atoms with Crippen molar-refractivity contribution < 1.29 is 19.8 Å². The first-order chi connectivity index (χ1) is 9.85. The van der Waals surface area contributed by atoms with Gasteiger partial charge in [-0.3, -0.25) is 9.48 Å². The van der Waals surface area contributed by atoms with E-state index in [0.717, 1.165) is 6.42 Å². The van der Waals surface area contributed by atoms with Crippen molar-refractivity contribution in [1.29, 1.82) is 0 Å². The molecule has 1 aliphatic rings. The van der Waals surface area contributed by atoms with E-state index in [9.17, 15) is 14.7 Å². The lowest BCUT2D eigenvalue weighted by Gasteiger charge is -2.22. The molecule has 1 aliphatic heterocycles. The summed E-state index contributed by atoms with van der Waals surface area (Å²) in [5, 5.41) is 25.2. The van der Waals surface area contributed by atoms with Gasteiger partial charge in [0, 0.05) is 19.3 Å². The topological polar surface area (TPSA) is 108 Å². The molecule has 8 heteroatoms. The van der Waals surface area contributed by atoms with Crippen molar-refractivity contribution in [3.05, 3.63) is 12.4 Å². The zero-order valence-corrected chi connectivity index (χ0v) is 11.9. The number of nitrogens with zero attached hydrogens (tertiary/aromatic N) is 3. The quantitative estimate of drug-likeness (QED) is 0.762. The SMILES string of the molecule is CC1(O)CCCN(C(=O)Nc2cnn(CC(=O)O)c2)CC1. The van der Waals surface area contributed by atoms with Gasteiger partial charge in [0.1, 0.15) is 6.54 Å². The highest BCUT2D eigenvalue weighted by Crippen LogP contribution is 2.21. The van der Waals surface area contributed by atoms with Crippen LogP contribution in [0.2, 0.25) is 0 Å². The van der Waals surface area contributed by atoms with Crippen LogP contribution in [0.5, 0.6) is 0 Å². The number of aliphatic carboxylic acids is 1. The molecule has 116 valence electrons. The largest absolute Gasteiger partial charge is 0.480 e. The third kappa shape index (κ3) is 4.45. The monoisotopic (exact) mass is 296 g/mol. The Bertz CT molecular complexity index is 526. The van der Waals surface area contributed by atoms with Gasteiger partial charge in [0.2, 0.25) is 0 Å². The van der Waals surface area contributed by atoms with Crippen molar-refractivity contribution in [2.24, 2.45) is 0 Å². The first kappa shape index (κ1) is 15.3. The van der Waals surface area contributed by atoms with Crippen LogP contribution in [0.25, 0.3) is 0 Å². The Labute approximate surface area is 122 Å². The molecule has 0 saturated carbocycles. The molecule has 0 aromatic carbocycles. The summed E-state index contributed by atoms with van der Waals surface area (Å²) in [4.78, 5) is 24.4. The zero-order chi connectivity index (χ0) is 15.5. The van der Waals surface area contributed by atoms with Crippen LogP contribution in [0.3, 0.4) is 0 Å². The molecule has 21 heavy (non-hydrogen) atoms. The summed E-state index contributed by atoms with van der Waals surface area (Å²) >= 11 is 0. The molecule has 1 unspecified atom stereocenters. The number of urea groups is 1. The fraction of sp³-hybridized carbons (Fsp3) is 0.615. The molecule has 1 atom stereocenters. The van der Waals surface area contributed by atoms with E-state index in [2.05, 4.69) is 10.4 Å². The molecule has 2 amide bonds. The second kappa shape index (κ2) is 6.13. The van der Waals surface area contributed by atoms with Crippen molar-refractivity contribution in [3.63, 3.8) is 0 Å². The summed E-state index contributed by atoms with van der Waals surface area (Å²) in [5.74, 6) is -0.995. The van der Waals surface area contributed by atoms with Gasteiger partial charge in [0.15, 0.2) is 0 Å². The summed E-state index contributed by atoms with van der Waals surface area (Å²) in [5.41, 5.74) is -0.265. The van der Waals surface area contributed by atoms with E-state index in [0.29, 0.717) is 31.6 Å². The normalized spacial score (nSPS) is 22.7. The van der Waals surface area contributed by atoms with Crippen LogP contribution in [-0.2, 0) is 11.3 Å². The Hall–Kier alpha value is -2.09. The number of likely N-dealkylation sites (tertiary alicyclic amines) is 1. The van der Waals surface area contributed by atoms with Crippen molar-refractivity contribution in [2.75, 3.05) is 18.4 Å². The fourth-order valence-electron chi connectivity index (χ4n) is 2.32. The van der Waals surface area contributed by atoms with Gasteiger partial charge in [-0.25, -0.2) is 4.79 Å². The molecule has 2 heterocycles. The number of carbonyl (C=O) groups excluding carboxylic acids is 1. The number of anilines is 1. The van der Waals surface area contributed by atoms with Crippen LogP contribution < -0.4 is 5.32 Å². The molecule has 1 aromatic rings. The number of carbonyl (C=O) groups is 2. The molecular formula is C13H20N4O4. The highest BCUT2D eigenvalue weighted by atomic mass is 16.4. The number of amides is 2. The van der Waals surface area contributed by atoms with Crippen molar-refractivity contribution in [3.8, 4) is 0 Å². The smallest absolute Gasteiger partial charge is 0.325 e. The predicted octanol–water partition coefficient (Wildman–Crippen LogP) is 0.737. The molecule has 2 rings (SSSR count). The number of nitrogens with one attached hydrogen (secondary N) is 1. The molecule has 1 saturated heterocycles. The summed E-state index contributed by atoms with van der Waals surface area (Å²) in [6, 6.07) is -0.262. The van der Waals surface area contributed by atoms with E-state index >= 15 is 0 Å². The zero-order valence-electron chi connectivity index (χ0n) is 11.9. The molecular weight excluding hydrogens is 276 g/mol. The highest BCUT2D eigenvalue weighted by molar-refractivity contribution is 5.89. The van der Waals surface area contributed by atoms with Crippen LogP contribution in [0.1, 0.15) is 26.2 Å². The Morgan fingerprint density at radius 2 is 2.19 bits per heavy atom. The lowest BCUT2D eigenvalue weighted by molar-refractivity contribution is -0.137. The Balaban J connectivity index is 1.91. The summed E-state index contributed by atoms with van der Waals surface area (Å²) in [6.45, 7) is 2.61. The number of aliphatic hydroxyl groups is 1. The van der Waals surface area contributed by atoms with Gasteiger partial charge in [0.05, 0.1) is 17.5 Å². The number of rotatable bonds is 3. The Kier molecular flexibility index (Phi) is 4.46. The van der Waals surface area contributed by atoms with E-state index in [1.165, 1.54) is 17.1 Å². The third-order valence-electron chi connectivity index (χ3n) is 3.53. The van der Waals surface area contributed by atoms with Gasteiger partial charge < -0.3 is 20.4 Å². The lowest BCUT2D eigenvalue weighted by Crippen LogP contribution is -2.36. The second-order valence-electron chi connectivity index (χ2n) is 5.59. The maximum Gasteiger partial charge on any atom is 0.325 e. The van der Waals surface area contributed by atoms with Crippen LogP contribution in [0.15, 0.2) is 12.4 Å². The average Bonchev–Trinajstić information content (AvgIpc) is 2.70. The Morgan fingerprint density at radius 3 is 2.90 bits per heavy atom. The first-order valence-electron chi connectivity index (χ1n) is 6.88. The summed E-state index contributed by atoms with van der Waals surface area (Å²) in [6.07, 6.45) is 4.85. The number of carboxylic acid groups (broad SMARTS) is 1. The maximum absolute atomic E-state index is 12.1. The van der Waals surface area contributed by atoms with Gasteiger partial charge in [-0.15, -0.1) is 0 Å².